The van der Waals surface area contributed by atoms with Gasteiger partial charge in [0.15, 0.2) is 0 Å². The van der Waals surface area contributed by atoms with Gasteiger partial charge in [0.05, 0.1) is 6.04 Å². The van der Waals surface area contributed by atoms with Crippen molar-refractivity contribution in [1.29, 1.82) is 0 Å². The van der Waals surface area contributed by atoms with Gasteiger partial charge in [0.25, 0.3) is 0 Å². The van der Waals surface area contributed by atoms with Gasteiger partial charge >= 0.3 is 0 Å². The molecule has 0 bridgehead atoms. The molecule has 2 nitrogen and oxygen atoms in total. The van der Waals surface area contributed by atoms with Crippen molar-refractivity contribution in [3.05, 3.63) is 36.1 Å². The van der Waals surface area contributed by atoms with Crippen LogP contribution in [-0.2, 0) is 0 Å². The average Bonchev–Trinajstić information content (AvgIpc) is 2.59. The molecule has 0 saturated carbocycles. The van der Waals surface area contributed by atoms with E-state index in [0.717, 1.165) is 11.3 Å². The number of nitrogens with one attached hydrogen (secondary N) is 1. The van der Waals surface area contributed by atoms with Gasteiger partial charge in [0.2, 0.25) is 0 Å². The lowest BCUT2D eigenvalue weighted by Gasteiger charge is -2.13. The molecule has 1 aromatic heterocycles. The minimum Gasteiger partial charge on any atom is -0.459 e. The predicted octanol–water partition coefficient (Wildman–Crippen LogP) is 3.49. The Hall–Kier alpha value is -1.28. The number of benzene rings is 1. The van der Waals surface area contributed by atoms with Crippen LogP contribution >= 0.6 is 0 Å². The van der Waals surface area contributed by atoms with E-state index < -0.39 is 0 Å². The third-order valence-electron chi connectivity index (χ3n) is 2.45. The summed E-state index contributed by atoms with van der Waals surface area (Å²) in [6, 6.07) is 10.9. The molecule has 1 aromatic carbocycles. The van der Waals surface area contributed by atoms with Gasteiger partial charge in [-0.2, -0.15) is 0 Å². The summed E-state index contributed by atoms with van der Waals surface area (Å²) in [4.78, 5) is 0. The monoisotopic (exact) mass is 203 g/mol. The van der Waals surface area contributed by atoms with Crippen LogP contribution in [0.3, 0.4) is 0 Å². The lowest BCUT2D eigenvalue weighted by molar-refractivity contribution is 0.423. The Morgan fingerprint density at radius 1 is 1.13 bits per heavy atom. The maximum Gasteiger partial charge on any atom is 0.134 e. The van der Waals surface area contributed by atoms with Crippen molar-refractivity contribution in [2.75, 3.05) is 0 Å². The molecule has 0 unspecified atom stereocenters. The van der Waals surface area contributed by atoms with Crippen LogP contribution in [0.2, 0.25) is 0 Å². The molecule has 0 amide bonds. The van der Waals surface area contributed by atoms with E-state index in [4.69, 9.17) is 4.42 Å². The average molecular weight is 203 g/mol. The topological polar surface area (TPSA) is 25.2 Å². The van der Waals surface area contributed by atoms with Crippen molar-refractivity contribution in [3.8, 4) is 0 Å². The maximum absolute atomic E-state index is 5.77. The minimum absolute atomic E-state index is 0.261. The molecule has 0 aliphatic rings. The first-order valence-electron chi connectivity index (χ1n) is 5.41. The highest BCUT2D eigenvalue weighted by Gasteiger charge is 2.11. The molecule has 1 heterocycles. The molecule has 1 atom stereocenters. The van der Waals surface area contributed by atoms with Crippen molar-refractivity contribution in [2.24, 2.45) is 0 Å². The van der Waals surface area contributed by atoms with Crippen molar-refractivity contribution >= 4 is 11.0 Å². The lowest BCUT2D eigenvalue weighted by atomic mass is 10.2. The third-order valence-corrected chi connectivity index (χ3v) is 2.45. The van der Waals surface area contributed by atoms with Gasteiger partial charge in [0, 0.05) is 11.4 Å². The summed E-state index contributed by atoms with van der Waals surface area (Å²) in [5.74, 6) is 1.00. The minimum atomic E-state index is 0.261. The molecular formula is C13H17NO. The van der Waals surface area contributed by atoms with Gasteiger partial charge in [-0.05, 0) is 19.1 Å². The fraction of sp³-hybridized carbons (Fsp3) is 0.385. The first kappa shape index (κ1) is 10.2. The number of para-hydroxylation sites is 1. The highest BCUT2D eigenvalue weighted by Crippen LogP contribution is 2.23. The number of fused-ring (bicyclic) bond motifs is 1. The Labute approximate surface area is 90.3 Å². The maximum atomic E-state index is 5.77. The van der Waals surface area contributed by atoms with E-state index in [9.17, 15) is 0 Å². The van der Waals surface area contributed by atoms with Crippen LogP contribution in [0.15, 0.2) is 34.7 Å². The molecule has 15 heavy (non-hydrogen) atoms. The van der Waals surface area contributed by atoms with E-state index in [1.165, 1.54) is 5.39 Å². The van der Waals surface area contributed by atoms with Crippen LogP contribution in [0.1, 0.15) is 32.6 Å². The molecule has 2 aromatic rings. The Morgan fingerprint density at radius 2 is 1.87 bits per heavy atom. The van der Waals surface area contributed by atoms with E-state index in [-0.39, 0.29) is 6.04 Å². The van der Waals surface area contributed by atoms with Gasteiger partial charge in [-0.25, -0.2) is 0 Å². The zero-order valence-electron chi connectivity index (χ0n) is 9.45. The first-order chi connectivity index (χ1) is 7.16. The lowest BCUT2D eigenvalue weighted by Crippen LogP contribution is -2.25. The van der Waals surface area contributed by atoms with Crippen molar-refractivity contribution in [2.45, 2.75) is 32.9 Å². The highest BCUT2D eigenvalue weighted by atomic mass is 16.3. The fourth-order valence-corrected chi connectivity index (χ4v) is 1.80. The zero-order chi connectivity index (χ0) is 10.8. The molecule has 0 fully saturated rings. The molecular weight excluding hydrogens is 186 g/mol. The van der Waals surface area contributed by atoms with Crippen LogP contribution in [0.4, 0.5) is 0 Å². The first-order valence-corrected chi connectivity index (χ1v) is 5.41. The van der Waals surface area contributed by atoms with E-state index in [2.05, 4.69) is 38.2 Å². The molecule has 0 aliphatic carbocycles. The number of furan rings is 1. The largest absolute Gasteiger partial charge is 0.459 e. The predicted molar refractivity (Wildman–Crippen MR) is 62.9 cm³/mol. The Morgan fingerprint density at radius 3 is 2.53 bits per heavy atom. The summed E-state index contributed by atoms with van der Waals surface area (Å²) < 4.78 is 5.77. The number of rotatable bonds is 3. The van der Waals surface area contributed by atoms with Crippen molar-refractivity contribution in [1.82, 2.24) is 5.32 Å². The van der Waals surface area contributed by atoms with Crippen LogP contribution < -0.4 is 5.32 Å². The highest BCUT2D eigenvalue weighted by molar-refractivity contribution is 5.77. The van der Waals surface area contributed by atoms with Gasteiger partial charge in [-0.1, -0.05) is 32.0 Å². The summed E-state index contributed by atoms with van der Waals surface area (Å²) in [7, 11) is 0. The molecule has 0 radical (unpaired) electrons. The second-order valence-corrected chi connectivity index (χ2v) is 4.23. The van der Waals surface area contributed by atoms with Crippen LogP contribution in [-0.4, -0.2) is 6.04 Å². The molecule has 2 rings (SSSR count). The second kappa shape index (κ2) is 4.07. The molecule has 1 N–H and O–H groups in total. The Balaban J connectivity index is 2.28. The Bertz CT molecular complexity index is 411. The second-order valence-electron chi connectivity index (χ2n) is 4.23. The van der Waals surface area contributed by atoms with Crippen molar-refractivity contribution in [3.63, 3.8) is 0 Å². The van der Waals surface area contributed by atoms with Crippen LogP contribution in [0.5, 0.6) is 0 Å². The standard InChI is InChI=1S/C13H17NO/c1-9(2)14-10(3)13-8-11-6-4-5-7-12(11)15-13/h4-10,14H,1-3H3/t10-/m1/s1. The van der Waals surface area contributed by atoms with Gasteiger partial charge < -0.3 is 9.73 Å². The summed E-state index contributed by atoms with van der Waals surface area (Å²) in [5, 5.41) is 4.60. The SMILES string of the molecule is CC(C)N[C@H](C)c1cc2ccccc2o1. The van der Waals surface area contributed by atoms with Crippen molar-refractivity contribution < 1.29 is 4.42 Å². The molecule has 2 heteroatoms. The fourth-order valence-electron chi connectivity index (χ4n) is 1.80. The molecule has 0 aliphatic heterocycles. The number of hydrogen-bond donors (Lipinski definition) is 1. The summed E-state index contributed by atoms with van der Waals surface area (Å²) in [5.41, 5.74) is 0.963. The van der Waals surface area contributed by atoms with E-state index in [0.29, 0.717) is 6.04 Å². The third kappa shape index (κ3) is 2.21. The summed E-state index contributed by atoms with van der Waals surface area (Å²) in [6.07, 6.45) is 0. The van der Waals surface area contributed by atoms with Gasteiger partial charge in [-0.15, -0.1) is 0 Å². The van der Waals surface area contributed by atoms with Crippen LogP contribution in [0.25, 0.3) is 11.0 Å². The van der Waals surface area contributed by atoms with Crippen LogP contribution in [0, 0.1) is 0 Å². The van der Waals surface area contributed by atoms with E-state index in [1.54, 1.807) is 0 Å². The normalized spacial score (nSPS) is 13.6. The smallest absolute Gasteiger partial charge is 0.134 e. The number of hydrogen-bond acceptors (Lipinski definition) is 2. The summed E-state index contributed by atoms with van der Waals surface area (Å²) in [6.45, 7) is 6.40. The molecule has 0 spiro atoms. The van der Waals surface area contributed by atoms with Gasteiger partial charge in [0.1, 0.15) is 11.3 Å². The van der Waals surface area contributed by atoms with E-state index >= 15 is 0 Å². The Kier molecular flexibility index (Phi) is 2.78. The molecule has 0 saturated heterocycles. The van der Waals surface area contributed by atoms with Gasteiger partial charge in [-0.3, -0.25) is 0 Å². The zero-order valence-corrected chi connectivity index (χ0v) is 9.45. The molecule has 80 valence electrons. The van der Waals surface area contributed by atoms with E-state index in [1.807, 2.05) is 18.2 Å². The summed E-state index contributed by atoms with van der Waals surface area (Å²) >= 11 is 0. The quantitative estimate of drug-likeness (QED) is 0.826.